The number of nitrogens with zero attached hydrogens (tertiary/aromatic N) is 3. The maximum Gasteiger partial charge on any atom is 0.147 e. The monoisotopic (exact) mass is 285 g/mol. The van der Waals surface area contributed by atoms with E-state index in [4.69, 9.17) is 9.72 Å². The van der Waals surface area contributed by atoms with E-state index in [1.807, 2.05) is 0 Å². The van der Waals surface area contributed by atoms with Crippen LogP contribution in [0.5, 0.6) is 0 Å². The van der Waals surface area contributed by atoms with Crippen molar-refractivity contribution in [1.29, 1.82) is 5.26 Å². The average molecular weight is 285 g/mol. The summed E-state index contributed by atoms with van der Waals surface area (Å²) in [6, 6.07) is 4.41. The van der Waals surface area contributed by atoms with Crippen LogP contribution in [-0.4, -0.2) is 30.3 Å². The molecule has 1 saturated heterocycles. The molecule has 1 fully saturated rings. The minimum absolute atomic E-state index is 0.136. The fourth-order valence-corrected chi connectivity index (χ4v) is 3.27. The summed E-state index contributed by atoms with van der Waals surface area (Å²) in [5.74, 6) is 0.862. The second kappa shape index (κ2) is 5.65. The molecule has 1 atom stereocenters. The van der Waals surface area contributed by atoms with Crippen LogP contribution in [0.1, 0.15) is 49.9 Å². The SMILES string of the molecule is CCC1(C)CN(c2nc3c(cc2C#N)CCCC3)CCO1. The average Bonchev–Trinajstić information content (AvgIpc) is 2.53. The van der Waals surface area contributed by atoms with Crippen molar-refractivity contribution in [1.82, 2.24) is 4.98 Å². The molecule has 0 saturated carbocycles. The van der Waals surface area contributed by atoms with Crippen molar-refractivity contribution in [3.05, 3.63) is 22.9 Å². The number of anilines is 1. The Morgan fingerprint density at radius 1 is 1.43 bits per heavy atom. The van der Waals surface area contributed by atoms with E-state index >= 15 is 0 Å². The molecule has 1 aromatic rings. The van der Waals surface area contributed by atoms with Gasteiger partial charge in [0.25, 0.3) is 0 Å². The van der Waals surface area contributed by atoms with Crippen LogP contribution in [0.3, 0.4) is 0 Å². The fraction of sp³-hybridized carbons (Fsp3) is 0.647. The van der Waals surface area contributed by atoms with E-state index in [1.54, 1.807) is 0 Å². The molecule has 1 unspecified atom stereocenters. The van der Waals surface area contributed by atoms with Crippen molar-refractivity contribution in [3.63, 3.8) is 0 Å². The molecule has 3 rings (SSSR count). The molecule has 112 valence electrons. The molecule has 0 N–H and O–H groups in total. The minimum Gasteiger partial charge on any atom is -0.372 e. The van der Waals surface area contributed by atoms with Crippen molar-refractivity contribution in [2.75, 3.05) is 24.6 Å². The van der Waals surface area contributed by atoms with E-state index in [0.717, 1.165) is 43.7 Å². The lowest BCUT2D eigenvalue weighted by atomic mass is 9.94. The Kier molecular flexibility index (Phi) is 3.86. The Morgan fingerprint density at radius 3 is 3.00 bits per heavy atom. The zero-order chi connectivity index (χ0) is 14.9. The molecule has 4 heteroatoms. The van der Waals surface area contributed by atoms with Crippen molar-refractivity contribution in [2.45, 2.75) is 51.6 Å². The maximum atomic E-state index is 9.49. The predicted molar refractivity (Wildman–Crippen MR) is 82.5 cm³/mol. The first-order valence-electron chi connectivity index (χ1n) is 7.97. The van der Waals surface area contributed by atoms with Gasteiger partial charge in [0.15, 0.2) is 0 Å². The van der Waals surface area contributed by atoms with Crippen LogP contribution >= 0.6 is 0 Å². The van der Waals surface area contributed by atoms with Gasteiger partial charge in [-0.15, -0.1) is 0 Å². The van der Waals surface area contributed by atoms with E-state index in [1.165, 1.54) is 24.1 Å². The van der Waals surface area contributed by atoms with Gasteiger partial charge in [-0.1, -0.05) is 6.92 Å². The largest absolute Gasteiger partial charge is 0.372 e. The molecule has 0 radical (unpaired) electrons. The first-order valence-corrected chi connectivity index (χ1v) is 7.97. The Morgan fingerprint density at radius 2 is 2.24 bits per heavy atom. The summed E-state index contributed by atoms with van der Waals surface area (Å²) in [4.78, 5) is 7.09. The summed E-state index contributed by atoms with van der Waals surface area (Å²) in [6.07, 6.45) is 5.50. The first-order chi connectivity index (χ1) is 10.1. The standard InChI is InChI=1S/C17H23N3O/c1-3-17(2)12-20(8-9-21-17)16-14(11-18)10-13-6-4-5-7-15(13)19-16/h10H,3-9,12H2,1-2H3. The van der Waals surface area contributed by atoms with Gasteiger partial charge >= 0.3 is 0 Å². The zero-order valence-electron chi connectivity index (χ0n) is 13.0. The van der Waals surface area contributed by atoms with Crippen LogP contribution < -0.4 is 4.90 Å². The molecular weight excluding hydrogens is 262 g/mol. The molecule has 0 spiro atoms. The maximum absolute atomic E-state index is 9.49. The molecular formula is C17H23N3O. The third-order valence-corrected chi connectivity index (χ3v) is 4.79. The van der Waals surface area contributed by atoms with Gasteiger partial charge in [-0.2, -0.15) is 5.26 Å². The molecule has 21 heavy (non-hydrogen) atoms. The van der Waals surface area contributed by atoms with Crippen LogP contribution in [0.25, 0.3) is 0 Å². The second-order valence-electron chi connectivity index (χ2n) is 6.36. The van der Waals surface area contributed by atoms with E-state index in [9.17, 15) is 5.26 Å². The van der Waals surface area contributed by atoms with Crippen LogP contribution in [-0.2, 0) is 17.6 Å². The molecule has 1 aromatic heterocycles. The van der Waals surface area contributed by atoms with Gasteiger partial charge in [-0.3, -0.25) is 0 Å². The van der Waals surface area contributed by atoms with Gasteiger partial charge < -0.3 is 9.64 Å². The zero-order valence-corrected chi connectivity index (χ0v) is 13.0. The van der Waals surface area contributed by atoms with E-state index in [-0.39, 0.29) is 5.60 Å². The number of hydrogen-bond acceptors (Lipinski definition) is 4. The van der Waals surface area contributed by atoms with Gasteiger partial charge in [-0.05, 0) is 50.7 Å². The van der Waals surface area contributed by atoms with Crippen LogP contribution in [0, 0.1) is 11.3 Å². The number of pyridine rings is 1. The normalized spacial score (nSPS) is 25.3. The first kappa shape index (κ1) is 14.3. The predicted octanol–water partition coefficient (Wildman–Crippen LogP) is 2.84. The third kappa shape index (κ3) is 2.75. The van der Waals surface area contributed by atoms with Gasteiger partial charge in [0.2, 0.25) is 0 Å². The van der Waals surface area contributed by atoms with E-state index < -0.39 is 0 Å². The highest BCUT2D eigenvalue weighted by atomic mass is 16.5. The minimum atomic E-state index is -0.136. The Balaban J connectivity index is 1.96. The van der Waals surface area contributed by atoms with Crippen molar-refractivity contribution >= 4 is 5.82 Å². The lowest BCUT2D eigenvalue weighted by Crippen LogP contribution is -2.50. The number of morpholine rings is 1. The van der Waals surface area contributed by atoms with Crippen molar-refractivity contribution in [2.24, 2.45) is 0 Å². The number of ether oxygens (including phenoxy) is 1. The topological polar surface area (TPSA) is 49.2 Å². The summed E-state index contributed by atoms with van der Waals surface area (Å²) in [7, 11) is 0. The molecule has 0 bridgehead atoms. The van der Waals surface area contributed by atoms with Crippen LogP contribution in [0.15, 0.2) is 6.07 Å². The number of rotatable bonds is 2. The molecule has 1 aliphatic carbocycles. The van der Waals surface area contributed by atoms with Crippen LogP contribution in [0.2, 0.25) is 0 Å². The van der Waals surface area contributed by atoms with E-state index in [0.29, 0.717) is 6.61 Å². The Hall–Kier alpha value is -1.60. The summed E-state index contributed by atoms with van der Waals surface area (Å²) >= 11 is 0. The Bertz CT molecular complexity index is 578. The van der Waals surface area contributed by atoms with Crippen molar-refractivity contribution in [3.8, 4) is 6.07 Å². The van der Waals surface area contributed by atoms with Gasteiger partial charge in [-0.25, -0.2) is 4.98 Å². The summed E-state index contributed by atoms with van der Waals surface area (Å²) in [5.41, 5.74) is 3.05. The van der Waals surface area contributed by atoms with Gasteiger partial charge in [0.05, 0.1) is 17.8 Å². The smallest absolute Gasteiger partial charge is 0.147 e. The highest BCUT2D eigenvalue weighted by Crippen LogP contribution is 2.30. The molecule has 2 heterocycles. The highest BCUT2D eigenvalue weighted by Gasteiger charge is 2.32. The lowest BCUT2D eigenvalue weighted by Gasteiger charge is -2.41. The van der Waals surface area contributed by atoms with Crippen LogP contribution in [0.4, 0.5) is 5.82 Å². The van der Waals surface area contributed by atoms with E-state index in [2.05, 4.69) is 30.9 Å². The number of hydrogen-bond donors (Lipinski definition) is 0. The van der Waals surface area contributed by atoms with Crippen molar-refractivity contribution < 1.29 is 4.74 Å². The molecule has 2 aliphatic rings. The molecule has 0 amide bonds. The second-order valence-corrected chi connectivity index (χ2v) is 6.36. The van der Waals surface area contributed by atoms with Gasteiger partial charge in [0, 0.05) is 18.8 Å². The fourth-order valence-electron chi connectivity index (χ4n) is 3.27. The quantitative estimate of drug-likeness (QED) is 0.838. The summed E-state index contributed by atoms with van der Waals surface area (Å²) in [6.45, 7) is 6.62. The lowest BCUT2D eigenvalue weighted by molar-refractivity contribution is -0.0443. The van der Waals surface area contributed by atoms with Gasteiger partial charge in [0.1, 0.15) is 11.9 Å². The Labute approximate surface area is 126 Å². The molecule has 4 nitrogen and oxygen atoms in total. The molecule has 0 aromatic carbocycles. The highest BCUT2D eigenvalue weighted by molar-refractivity contribution is 5.57. The third-order valence-electron chi connectivity index (χ3n) is 4.79. The summed E-state index contributed by atoms with van der Waals surface area (Å²) in [5, 5.41) is 9.49. The summed E-state index contributed by atoms with van der Waals surface area (Å²) < 4.78 is 5.90. The molecule has 1 aliphatic heterocycles. The number of aromatic nitrogens is 1. The number of fused-ring (bicyclic) bond motifs is 1. The number of aryl methyl sites for hydroxylation is 2. The number of nitriles is 1.